The predicted octanol–water partition coefficient (Wildman–Crippen LogP) is 4.47. The third-order valence-corrected chi connectivity index (χ3v) is 4.72. The molecule has 0 bridgehead atoms. The lowest BCUT2D eigenvalue weighted by Crippen LogP contribution is -2.04. The first-order valence-electron chi connectivity index (χ1n) is 8.89. The van der Waals surface area contributed by atoms with Crippen LogP contribution in [0.1, 0.15) is 54.6 Å². The highest BCUT2D eigenvalue weighted by molar-refractivity contribution is 6.04. The van der Waals surface area contributed by atoms with Crippen molar-refractivity contribution in [1.82, 2.24) is 14.8 Å². The molecular formula is C20H21N3O2. The number of benzene rings is 1. The molecule has 2 heterocycles. The van der Waals surface area contributed by atoms with Crippen molar-refractivity contribution in [3.63, 3.8) is 0 Å². The summed E-state index contributed by atoms with van der Waals surface area (Å²) < 4.78 is 1.91. The largest absolute Gasteiger partial charge is 0.478 e. The Bertz CT molecular complexity index is 927. The molecule has 0 radical (unpaired) electrons. The van der Waals surface area contributed by atoms with E-state index in [0.717, 1.165) is 48.9 Å². The summed E-state index contributed by atoms with van der Waals surface area (Å²) in [5.74, 6) is -0.533. The van der Waals surface area contributed by atoms with Crippen LogP contribution in [-0.4, -0.2) is 25.8 Å². The number of carboxylic acids is 1. The van der Waals surface area contributed by atoms with Crippen molar-refractivity contribution >= 4 is 17.0 Å². The maximum atomic E-state index is 12.0. The number of aryl methyl sites for hydroxylation is 1. The molecule has 0 saturated heterocycles. The highest BCUT2D eigenvalue weighted by Crippen LogP contribution is 2.43. The van der Waals surface area contributed by atoms with Gasteiger partial charge in [-0.3, -0.25) is 0 Å². The average Bonchev–Trinajstić information content (AvgIpc) is 3.41. The number of aromatic nitrogens is 3. The summed E-state index contributed by atoms with van der Waals surface area (Å²) >= 11 is 0. The maximum absolute atomic E-state index is 12.0. The van der Waals surface area contributed by atoms with Gasteiger partial charge < -0.3 is 5.11 Å². The number of nitrogens with zero attached hydrogens (tertiary/aromatic N) is 3. The Morgan fingerprint density at radius 3 is 2.68 bits per heavy atom. The zero-order valence-corrected chi connectivity index (χ0v) is 14.3. The Hall–Kier alpha value is -2.69. The second-order valence-corrected chi connectivity index (χ2v) is 6.66. The van der Waals surface area contributed by atoms with Crippen molar-refractivity contribution < 1.29 is 9.90 Å². The minimum Gasteiger partial charge on any atom is -0.478 e. The van der Waals surface area contributed by atoms with Crippen LogP contribution >= 0.6 is 0 Å². The first-order valence-corrected chi connectivity index (χ1v) is 8.89. The molecule has 25 heavy (non-hydrogen) atoms. The first kappa shape index (κ1) is 15.8. The fraction of sp³-hybridized carbons (Fsp3) is 0.350. The molecule has 1 saturated carbocycles. The third-order valence-electron chi connectivity index (χ3n) is 4.72. The lowest BCUT2D eigenvalue weighted by atomic mass is 10.0. The molecule has 5 nitrogen and oxygen atoms in total. The van der Waals surface area contributed by atoms with E-state index in [1.54, 1.807) is 6.07 Å². The lowest BCUT2D eigenvalue weighted by molar-refractivity contribution is 0.0699. The van der Waals surface area contributed by atoms with E-state index in [1.165, 1.54) is 0 Å². The van der Waals surface area contributed by atoms with Gasteiger partial charge in [0.05, 0.1) is 22.3 Å². The Morgan fingerprint density at radius 1 is 1.28 bits per heavy atom. The normalized spacial score (nSPS) is 14.1. The minimum absolute atomic E-state index is 0.313. The van der Waals surface area contributed by atoms with E-state index in [0.29, 0.717) is 22.8 Å². The summed E-state index contributed by atoms with van der Waals surface area (Å²) in [6, 6.07) is 11.4. The number of pyridine rings is 1. The third kappa shape index (κ3) is 2.90. The first-order chi connectivity index (χ1) is 12.2. The van der Waals surface area contributed by atoms with Gasteiger partial charge in [-0.05, 0) is 25.3 Å². The zero-order valence-electron chi connectivity index (χ0n) is 14.3. The second-order valence-electron chi connectivity index (χ2n) is 6.66. The molecule has 0 amide bonds. The van der Waals surface area contributed by atoms with Crippen LogP contribution < -0.4 is 0 Å². The smallest absolute Gasteiger partial charge is 0.336 e. The molecule has 1 N–H and O–H groups in total. The van der Waals surface area contributed by atoms with Crippen LogP contribution in [-0.2, 0) is 6.54 Å². The van der Waals surface area contributed by atoms with E-state index in [4.69, 9.17) is 10.1 Å². The number of carboxylic acid groups (broad SMARTS) is 1. The van der Waals surface area contributed by atoms with Crippen LogP contribution in [0.25, 0.3) is 22.3 Å². The van der Waals surface area contributed by atoms with Gasteiger partial charge in [0.1, 0.15) is 0 Å². The standard InChI is InChI=1S/C20H21N3O2/c1-2-3-11-23-19-17(18(22-23)14-9-10-14)15(20(24)25)12-16(21-19)13-7-5-4-6-8-13/h4-8,12,14H,2-3,9-11H2,1H3,(H,24,25). The van der Waals surface area contributed by atoms with Gasteiger partial charge in [0.15, 0.2) is 5.65 Å². The van der Waals surface area contributed by atoms with Gasteiger partial charge in [0.2, 0.25) is 0 Å². The van der Waals surface area contributed by atoms with Crippen molar-refractivity contribution in [3.05, 3.63) is 47.7 Å². The summed E-state index contributed by atoms with van der Waals surface area (Å²) in [4.78, 5) is 16.8. The van der Waals surface area contributed by atoms with E-state index < -0.39 is 5.97 Å². The highest BCUT2D eigenvalue weighted by Gasteiger charge is 2.32. The Labute approximate surface area is 146 Å². The zero-order chi connectivity index (χ0) is 17.4. The summed E-state index contributed by atoms with van der Waals surface area (Å²) in [7, 11) is 0. The summed E-state index contributed by atoms with van der Waals surface area (Å²) in [5, 5.41) is 15.3. The van der Waals surface area contributed by atoms with Crippen LogP contribution in [0.15, 0.2) is 36.4 Å². The molecule has 0 aliphatic heterocycles. The molecule has 128 valence electrons. The molecule has 1 aliphatic carbocycles. The van der Waals surface area contributed by atoms with Gasteiger partial charge >= 0.3 is 5.97 Å². The summed E-state index contributed by atoms with van der Waals surface area (Å²) in [5.41, 5.74) is 3.53. The molecular weight excluding hydrogens is 314 g/mol. The van der Waals surface area contributed by atoms with E-state index in [2.05, 4.69) is 6.92 Å². The van der Waals surface area contributed by atoms with Crippen molar-refractivity contribution in [2.45, 2.75) is 45.1 Å². The van der Waals surface area contributed by atoms with Gasteiger partial charge in [-0.25, -0.2) is 14.5 Å². The molecule has 2 aromatic heterocycles. The Balaban J connectivity index is 1.97. The van der Waals surface area contributed by atoms with Crippen LogP contribution in [0.4, 0.5) is 0 Å². The van der Waals surface area contributed by atoms with Gasteiger partial charge in [-0.2, -0.15) is 5.10 Å². The number of hydrogen-bond acceptors (Lipinski definition) is 3. The van der Waals surface area contributed by atoms with Gasteiger partial charge in [-0.15, -0.1) is 0 Å². The van der Waals surface area contributed by atoms with Crippen molar-refractivity contribution in [1.29, 1.82) is 0 Å². The lowest BCUT2D eigenvalue weighted by Gasteiger charge is -2.07. The Kier molecular flexibility index (Phi) is 3.99. The quantitative estimate of drug-likeness (QED) is 0.721. The number of aromatic carboxylic acids is 1. The average molecular weight is 335 g/mol. The molecule has 1 aliphatic rings. The van der Waals surface area contributed by atoms with E-state index >= 15 is 0 Å². The maximum Gasteiger partial charge on any atom is 0.336 e. The Morgan fingerprint density at radius 2 is 2.04 bits per heavy atom. The monoisotopic (exact) mass is 335 g/mol. The number of rotatable bonds is 6. The molecule has 1 aromatic carbocycles. The fourth-order valence-corrected chi connectivity index (χ4v) is 3.23. The topological polar surface area (TPSA) is 68.0 Å². The molecule has 4 rings (SSSR count). The SMILES string of the molecule is CCCCn1nc(C2CC2)c2c(C(=O)O)cc(-c3ccccc3)nc21. The molecule has 3 aromatic rings. The van der Waals surface area contributed by atoms with Crippen LogP contribution in [0.3, 0.4) is 0 Å². The van der Waals surface area contributed by atoms with Crippen molar-refractivity contribution in [2.24, 2.45) is 0 Å². The predicted molar refractivity (Wildman–Crippen MR) is 96.8 cm³/mol. The highest BCUT2D eigenvalue weighted by atomic mass is 16.4. The minimum atomic E-state index is -0.915. The van der Waals surface area contributed by atoms with E-state index in [9.17, 15) is 9.90 Å². The van der Waals surface area contributed by atoms with Gasteiger partial charge in [0.25, 0.3) is 0 Å². The molecule has 0 unspecified atom stereocenters. The van der Waals surface area contributed by atoms with Crippen LogP contribution in [0.5, 0.6) is 0 Å². The van der Waals surface area contributed by atoms with Crippen LogP contribution in [0, 0.1) is 0 Å². The van der Waals surface area contributed by atoms with E-state index in [1.807, 2.05) is 35.0 Å². The number of hydrogen-bond donors (Lipinski definition) is 1. The van der Waals surface area contributed by atoms with Gasteiger partial charge in [0, 0.05) is 18.0 Å². The summed E-state index contributed by atoms with van der Waals surface area (Å²) in [6.07, 6.45) is 4.23. The second kappa shape index (κ2) is 6.31. The number of fused-ring (bicyclic) bond motifs is 1. The van der Waals surface area contributed by atoms with Gasteiger partial charge in [-0.1, -0.05) is 43.7 Å². The van der Waals surface area contributed by atoms with Crippen molar-refractivity contribution in [2.75, 3.05) is 0 Å². The fourth-order valence-electron chi connectivity index (χ4n) is 3.23. The van der Waals surface area contributed by atoms with Crippen LogP contribution in [0.2, 0.25) is 0 Å². The molecule has 5 heteroatoms. The van der Waals surface area contributed by atoms with Crippen molar-refractivity contribution in [3.8, 4) is 11.3 Å². The number of unbranched alkanes of at least 4 members (excludes halogenated alkanes) is 1. The molecule has 1 fully saturated rings. The molecule has 0 atom stereocenters. The van der Waals surface area contributed by atoms with E-state index in [-0.39, 0.29) is 0 Å². The summed E-state index contributed by atoms with van der Waals surface area (Å²) in [6.45, 7) is 2.91. The number of carbonyl (C=O) groups is 1. The molecule has 0 spiro atoms.